The van der Waals surface area contributed by atoms with Crippen LogP contribution < -0.4 is 16.2 Å². The molecule has 0 spiro atoms. The molecule has 2 aromatic rings. The molecule has 1 heterocycles. The Bertz CT molecular complexity index is 896. The van der Waals surface area contributed by atoms with Crippen molar-refractivity contribution in [3.05, 3.63) is 39.9 Å². The summed E-state index contributed by atoms with van der Waals surface area (Å²) in [4.78, 5) is 40.7. The van der Waals surface area contributed by atoms with Crippen LogP contribution in [0.3, 0.4) is 0 Å². The summed E-state index contributed by atoms with van der Waals surface area (Å²) in [6.07, 6.45) is 5.52. The van der Waals surface area contributed by atoms with Crippen molar-refractivity contribution < 1.29 is 9.59 Å². The number of imide groups is 1. The number of aromatic nitrogens is 2. The number of hydrogen-bond acceptors (Lipinski definition) is 4. The molecule has 138 valence electrons. The Kier molecular flexibility index (Phi) is 5.56. The van der Waals surface area contributed by atoms with Crippen molar-refractivity contribution in [2.75, 3.05) is 0 Å². The van der Waals surface area contributed by atoms with Crippen molar-refractivity contribution in [3.8, 4) is 0 Å². The molecular formula is C18H21ClN4O3. The quantitative estimate of drug-likeness (QED) is 0.860. The van der Waals surface area contributed by atoms with Crippen molar-refractivity contribution >= 4 is 34.4 Å². The van der Waals surface area contributed by atoms with E-state index in [2.05, 4.69) is 22.5 Å². The predicted molar refractivity (Wildman–Crippen MR) is 99.1 cm³/mol. The minimum Gasteiger partial charge on any atom is -0.335 e. The molecule has 1 aromatic heterocycles. The topological polar surface area (TPSA) is 93.1 Å². The monoisotopic (exact) mass is 376 g/mol. The van der Waals surface area contributed by atoms with Crippen LogP contribution in [0.5, 0.6) is 0 Å². The lowest BCUT2D eigenvalue weighted by molar-refractivity contribution is -0.120. The number of benzene rings is 1. The number of urea groups is 1. The maximum absolute atomic E-state index is 12.4. The highest BCUT2D eigenvalue weighted by atomic mass is 35.5. The number of amides is 3. The Morgan fingerprint density at radius 1 is 1.31 bits per heavy atom. The summed E-state index contributed by atoms with van der Waals surface area (Å²) in [7, 11) is 0. The minimum atomic E-state index is -0.573. The second kappa shape index (κ2) is 7.86. The maximum Gasteiger partial charge on any atom is 0.321 e. The molecule has 1 aromatic carbocycles. The first-order valence-electron chi connectivity index (χ1n) is 8.69. The van der Waals surface area contributed by atoms with Gasteiger partial charge >= 0.3 is 6.03 Å². The van der Waals surface area contributed by atoms with Gasteiger partial charge in [-0.1, -0.05) is 31.4 Å². The first-order chi connectivity index (χ1) is 12.4. The SMILES string of the molecule is CC1CCCCC1NC(=O)NC(=O)Cn1cnc2ccc(Cl)cc2c1=O. The summed E-state index contributed by atoms with van der Waals surface area (Å²) in [6, 6.07) is 4.34. The molecule has 0 aliphatic heterocycles. The Labute approximate surface area is 155 Å². The summed E-state index contributed by atoms with van der Waals surface area (Å²) in [5.41, 5.74) is 0.119. The van der Waals surface area contributed by atoms with Crippen LogP contribution >= 0.6 is 11.6 Å². The second-order valence-corrected chi connectivity index (χ2v) is 7.17. The molecule has 0 saturated heterocycles. The normalized spacial score (nSPS) is 19.9. The average Bonchev–Trinajstić information content (AvgIpc) is 2.60. The molecule has 1 aliphatic rings. The van der Waals surface area contributed by atoms with Gasteiger partial charge in [-0.2, -0.15) is 0 Å². The number of carbonyl (C=O) groups excluding carboxylic acids is 2. The fraction of sp³-hybridized carbons (Fsp3) is 0.444. The van der Waals surface area contributed by atoms with Crippen molar-refractivity contribution in [2.45, 2.75) is 45.2 Å². The first kappa shape index (κ1) is 18.4. The van der Waals surface area contributed by atoms with E-state index in [1.165, 1.54) is 18.8 Å². The van der Waals surface area contributed by atoms with Crippen molar-refractivity contribution in [1.82, 2.24) is 20.2 Å². The van der Waals surface area contributed by atoms with E-state index < -0.39 is 11.9 Å². The van der Waals surface area contributed by atoms with Crippen LogP contribution in [0.15, 0.2) is 29.3 Å². The molecule has 1 fully saturated rings. The number of fused-ring (bicyclic) bond motifs is 1. The largest absolute Gasteiger partial charge is 0.335 e. The highest BCUT2D eigenvalue weighted by Crippen LogP contribution is 2.23. The first-order valence-corrected chi connectivity index (χ1v) is 9.07. The van der Waals surface area contributed by atoms with Gasteiger partial charge in [-0.05, 0) is 37.0 Å². The lowest BCUT2D eigenvalue weighted by Gasteiger charge is -2.29. The summed E-state index contributed by atoms with van der Waals surface area (Å²) in [5, 5.41) is 5.87. The zero-order valence-corrected chi connectivity index (χ0v) is 15.3. The Balaban J connectivity index is 1.64. The molecule has 2 unspecified atom stereocenters. The Morgan fingerprint density at radius 3 is 2.85 bits per heavy atom. The molecule has 7 nitrogen and oxygen atoms in total. The minimum absolute atomic E-state index is 0.0729. The van der Waals surface area contributed by atoms with E-state index in [-0.39, 0.29) is 18.1 Å². The van der Waals surface area contributed by atoms with Gasteiger partial charge in [-0.3, -0.25) is 19.5 Å². The van der Waals surface area contributed by atoms with E-state index >= 15 is 0 Å². The van der Waals surface area contributed by atoms with Gasteiger partial charge < -0.3 is 5.32 Å². The van der Waals surface area contributed by atoms with Crippen LogP contribution in [0.1, 0.15) is 32.6 Å². The average molecular weight is 377 g/mol. The van der Waals surface area contributed by atoms with Gasteiger partial charge in [0.05, 0.1) is 17.2 Å². The van der Waals surface area contributed by atoms with E-state index in [0.717, 1.165) is 23.8 Å². The van der Waals surface area contributed by atoms with Gasteiger partial charge in [-0.15, -0.1) is 0 Å². The van der Waals surface area contributed by atoms with Crippen molar-refractivity contribution in [3.63, 3.8) is 0 Å². The predicted octanol–water partition coefficient (Wildman–Crippen LogP) is 2.45. The van der Waals surface area contributed by atoms with Crippen molar-refractivity contribution in [1.29, 1.82) is 0 Å². The van der Waals surface area contributed by atoms with Crippen LogP contribution in [0.2, 0.25) is 5.02 Å². The zero-order valence-electron chi connectivity index (χ0n) is 14.5. The van der Waals surface area contributed by atoms with Crippen LogP contribution in [0, 0.1) is 5.92 Å². The number of halogens is 1. The highest BCUT2D eigenvalue weighted by molar-refractivity contribution is 6.31. The number of rotatable bonds is 3. The van der Waals surface area contributed by atoms with E-state index in [1.807, 2.05) is 0 Å². The third kappa shape index (κ3) is 4.22. The lowest BCUT2D eigenvalue weighted by Crippen LogP contribution is -2.48. The molecule has 3 rings (SSSR count). The lowest BCUT2D eigenvalue weighted by atomic mass is 9.86. The van der Waals surface area contributed by atoms with E-state index in [4.69, 9.17) is 11.6 Å². The number of nitrogens with one attached hydrogen (secondary N) is 2. The van der Waals surface area contributed by atoms with E-state index in [9.17, 15) is 14.4 Å². The van der Waals surface area contributed by atoms with Crippen molar-refractivity contribution in [2.24, 2.45) is 5.92 Å². The fourth-order valence-electron chi connectivity index (χ4n) is 3.30. The molecule has 1 saturated carbocycles. The van der Waals surface area contributed by atoms with Crippen LogP contribution in [-0.4, -0.2) is 27.5 Å². The third-order valence-electron chi connectivity index (χ3n) is 4.78. The number of nitrogens with zero attached hydrogens (tertiary/aromatic N) is 2. The smallest absolute Gasteiger partial charge is 0.321 e. The zero-order chi connectivity index (χ0) is 18.7. The summed E-state index contributed by atoms with van der Waals surface area (Å²) in [6.45, 7) is 1.80. The maximum atomic E-state index is 12.4. The number of hydrogen-bond donors (Lipinski definition) is 2. The highest BCUT2D eigenvalue weighted by Gasteiger charge is 2.23. The molecule has 8 heteroatoms. The summed E-state index contributed by atoms with van der Waals surface area (Å²) < 4.78 is 1.16. The molecular weight excluding hydrogens is 356 g/mol. The Morgan fingerprint density at radius 2 is 2.08 bits per heavy atom. The molecule has 2 atom stereocenters. The fourth-order valence-corrected chi connectivity index (χ4v) is 3.47. The molecule has 2 N–H and O–H groups in total. The standard InChI is InChI=1S/C18H21ClN4O3/c1-11-4-2-3-5-14(11)21-18(26)22-16(24)9-23-10-20-15-7-6-12(19)8-13(15)17(23)25/h6-8,10-11,14H,2-5,9H2,1H3,(H2,21,22,24,26). The van der Waals surface area contributed by atoms with Gasteiger partial charge in [0.1, 0.15) is 6.54 Å². The van der Waals surface area contributed by atoms with Crippen LogP contribution in [-0.2, 0) is 11.3 Å². The molecule has 0 radical (unpaired) electrons. The van der Waals surface area contributed by atoms with Gasteiger partial charge in [0, 0.05) is 11.1 Å². The van der Waals surface area contributed by atoms with E-state index in [1.54, 1.807) is 12.1 Å². The van der Waals surface area contributed by atoms with E-state index in [0.29, 0.717) is 21.8 Å². The van der Waals surface area contributed by atoms with Gasteiger partial charge in [-0.25, -0.2) is 9.78 Å². The number of carbonyl (C=O) groups is 2. The van der Waals surface area contributed by atoms with Crippen LogP contribution in [0.4, 0.5) is 4.79 Å². The molecule has 1 aliphatic carbocycles. The summed E-state index contributed by atoms with van der Waals surface area (Å²) >= 11 is 5.91. The van der Waals surface area contributed by atoms with Gasteiger partial charge in [0.25, 0.3) is 5.56 Å². The molecule has 26 heavy (non-hydrogen) atoms. The summed E-state index contributed by atoms with van der Waals surface area (Å²) in [5.74, 6) is -0.183. The van der Waals surface area contributed by atoms with Gasteiger partial charge in [0.15, 0.2) is 0 Å². The van der Waals surface area contributed by atoms with Crippen LogP contribution in [0.25, 0.3) is 10.9 Å². The molecule has 3 amide bonds. The third-order valence-corrected chi connectivity index (χ3v) is 5.02. The molecule has 0 bridgehead atoms. The Hall–Kier alpha value is -2.41. The second-order valence-electron chi connectivity index (χ2n) is 6.73. The van der Waals surface area contributed by atoms with Gasteiger partial charge in [0.2, 0.25) is 5.91 Å².